The van der Waals surface area contributed by atoms with E-state index in [4.69, 9.17) is 0 Å². The van der Waals surface area contributed by atoms with E-state index in [1.807, 2.05) is 0 Å². The van der Waals surface area contributed by atoms with Crippen LogP contribution in [0.3, 0.4) is 0 Å². The summed E-state index contributed by atoms with van der Waals surface area (Å²) in [7, 11) is 0. The van der Waals surface area contributed by atoms with Gasteiger partial charge in [0.15, 0.2) is 0 Å². The summed E-state index contributed by atoms with van der Waals surface area (Å²) in [6.45, 7) is 2.11. The van der Waals surface area contributed by atoms with Crippen molar-refractivity contribution in [3.8, 4) is 0 Å². The number of H-pyrrole nitrogens is 1. The molecule has 5 heteroatoms. The second-order valence-electron chi connectivity index (χ2n) is 5.51. The number of anilines is 1. The van der Waals surface area contributed by atoms with Crippen LogP contribution >= 0.6 is 11.3 Å². The van der Waals surface area contributed by atoms with E-state index in [0.29, 0.717) is 6.04 Å². The molecule has 0 bridgehead atoms. The molecule has 1 aliphatic carbocycles. The van der Waals surface area contributed by atoms with Gasteiger partial charge >= 0.3 is 0 Å². The number of nitrogens with zero attached hydrogens (tertiary/aromatic N) is 2. The molecule has 4 rings (SSSR count). The molecule has 1 unspecified atom stereocenters. The Balaban J connectivity index is 1.69. The first kappa shape index (κ1) is 12.8. The van der Waals surface area contributed by atoms with Crippen molar-refractivity contribution in [2.75, 3.05) is 5.32 Å². The minimum atomic E-state index is 0.318. The van der Waals surface area contributed by atoms with E-state index < -0.39 is 0 Å². The van der Waals surface area contributed by atoms with Gasteiger partial charge in [0.25, 0.3) is 0 Å². The van der Waals surface area contributed by atoms with Crippen LogP contribution in [0.2, 0.25) is 0 Å². The van der Waals surface area contributed by atoms with Gasteiger partial charge in [-0.25, -0.2) is 0 Å². The smallest absolute Gasteiger partial charge is 0.206 e. The van der Waals surface area contributed by atoms with E-state index in [1.165, 1.54) is 28.6 Å². The third-order valence-electron chi connectivity index (χ3n) is 4.18. The largest absolute Gasteiger partial charge is 0.356 e. The van der Waals surface area contributed by atoms with Crippen LogP contribution in [-0.4, -0.2) is 15.2 Å². The number of hydrogen-bond acceptors (Lipinski definition) is 4. The second kappa shape index (κ2) is 5.15. The third kappa shape index (κ3) is 2.21. The summed E-state index contributed by atoms with van der Waals surface area (Å²) < 4.78 is 0. The van der Waals surface area contributed by atoms with Gasteiger partial charge in [0, 0.05) is 16.6 Å². The van der Waals surface area contributed by atoms with Gasteiger partial charge in [-0.3, -0.25) is 0 Å². The summed E-state index contributed by atoms with van der Waals surface area (Å²) in [6, 6.07) is 8.90. The Kier molecular flexibility index (Phi) is 3.15. The number of rotatable bonds is 3. The average molecular weight is 298 g/mol. The lowest BCUT2D eigenvalue weighted by Gasteiger charge is -2.23. The first-order valence-electron chi connectivity index (χ1n) is 7.53. The fraction of sp³-hybridized carbons (Fsp3) is 0.375. The molecule has 0 fully saturated rings. The maximum absolute atomic E-state index is 4.25. The van der Waals surface area contributed by atoms with Crippen molar-refractivity contribution in [1.82, 2.24) is 15.2 Å². The normalized spacial score (nSPS) is 17.9. The standard InChI is InChI=1S/C16H18N4S/c1-2-14-19-20-16(21-14)18-13-9-5-7-11-10-6-3-4-8-12(10)17-15(11)13/h3-4,6,8,13,17H,2,5,7,9H2,1H3,(H,18,20). The number of benzene rings is 1. The molecule has 1 atom stereocenters. The van der Waals surface area contributed by atoms with Crippen molar-refractivity contribution in [2.24, 2.45) is 0 Å². The maximum atomic E-state index is 4.25. The molecule has 1 aromatic carbocycles. The number of fused-ring (bicyclic) bond motifs is 3. The van der Waals surface area contributed by atoms with E-state index in [0.717, 1.165) is 29.4 Å². The monoisotopic (exact) mass is 298 g/mol. The summed E-state index contributed by atoms with van der Waals surface area (Å²) in [5, 5.41) is 15.4. The zero-order valence-corrected chi connectivity index (χ0v) is 12.8. The molecular formula is C16H18N4S. The van der Waals surface area contributed by atoms with Gasteiger partial charge in [0.1, 0.15) is 5.01 Å². The Bertz CT molecular complexity index is 774. The molecule has 2 heterocycles. The molecule has 0 aliphatic heterocycles. The minimum absolute atomic E-state index is 0.318. The lowest BCUT2D eigenvalue weighted by atomic mass is 9.92. The van der Waals surface area contributed by atoms with E-state index in [2.05, 4.69) is 51.7 Å². The molecule has 0 spiro atoms. The highest BCUT2D eigenvalue weighted by Crippen LogP contribution is 2.36. The van der Waals surface area contributed by atoms with E-state index in [9.17, 15) is 0 Å². The van der Waals surface area contributed by atoms with Crippen LogP contribution in [0.4, 0.5) is 5.13 Å². The highest BCUT2D eigenvalue weighted by Gasteiger charge is 2.24. The molecule has 3 aromatic rings. The fourth-order valence-electron chi connectivity index (χ4n) is 3.16. The van der Waals surface area contributed by atoms with Crippen LogP contribution in [-0.2, 0) is 12.8 Å². The molecule has 21 heavy (non-hydrogen) atoms. The molecule has 2 N–H and O–H groups in total. The van der Waals surface area contributed by atoms with Crippen LogP contribution in [0.25, 0.3) is 10.9 Å². The van der Waals surface area contributed by atoms with Gasteiger partial charge in [-0.1, -0.05) is 36.5 Å². The van der Waals surface area contributed by atoms with Crippen molar-refractivity contribution in [1.29, 1.82) is 0 Å². The number of hydrogen-bond donors (Lipinski definition) is 2. The van der Waals surface area contributed by atoms with Gasteiger partial charge in [0.2, 0.25) is 5.13 Å². The Morgan fingerprint density at radius 3 is 3.10 bits per heavy atom. The zero-order valence-electron chi connectivity index (χ0n) is 12.0. The SMILES string of the molecule is CCc1nnc(NC2CCCc3c2[nH]c2ccccc32)s1. The fourth-order valence-corrected chi connectivity index (χ4v) is 3.90. The number of para-hydroxylation sites is 1. The molecule has 108 valence electrons. The van der Waals surface area contributed by atoms with Crippen LogP contribution in [0.15, 0.2) is 24.3 Å². The molecule has 1 aliphatic rings. The van der Waals surface area contributed by atoms with Crippen LogP contribution < -0.4 is 5.32 Å². The molecule has 4 nitrogen and oxygen atoms in total. The Morgan fingerprint density at radius 1 is 1.33 bits per heavy atom. The Labute approximate surface area is 127 Å². The van der Waals surface area contributed by atoms with Crippen LogP contribution in [0.1, 0.15) is 42.1 Å². The first-order valence-corrected chi connectivity index (χ1v) is 8.35. The van der Waals surface area contributed by atoms with Gasteiger partial charge in [-0.15, -0.1) is 10.2 Å². The number of aromatic amines is 1. The summed E-state index contributed by atoms with van der Waals surface area (Å²) >= 11 is 1.66. The van der Waals surface area contributed by atoms with Crippen molar-refractivity contribution >= 4 is 27.4 Å². The van der Waals surface area contributed by atoms with Crippen molar-refractivity contribution in [3.63, 3.8) is 0 Å². The van der Waals surface area contributed by atoms with Gasteiger partial charge in [0.05, 0.1) is 6.04 Å². The molecule has 0 radical (unpaired) electrons. The Morgan fingerprint density at radius 2 is 2.24 bits per heavy atom. The topological polar surface area (TPSA) is 53.6 Å². The van der Waals surface area contributed by atoms with E-state index in [1.54, 1.807) is 11.3 Å². The number of nitrogens with one attached hydrogen (secondary N) is 2. The molecule has 0 saturated heterocycles. The maximum Gasteiger partial charge on any atom is 0.206 e. The average Bonchev–Trinajstić information content (AvgIpc) is 3.12. The van der Waals surface area contributed by atoms with Crippen LogP contribution in [0, 0.1) is 0 Å². The molecular weight excluding hydrogens is 280 g/mol. The van der Waals surface area contributed by atoms with Crippen molar-refractivity contribution in [2.45, 2.75) is 38.6 Å². The first-order chi connectivity index (χ1) is 10.3. The van der Waals surface area contributed by atoms with Crippen LogP contribution in [0.5, 0.6) is 0 Å². The highest BCUT2D eigenvalue weighted by molar-refractivity contribution is 7.15. The number of aromatic nitrogens is 3. The quantitative estimate of drug-likeness (QED) is 0.766. The summed E-state index contributed by atoms with van der Waals surface area (Å²) in [6.07, 6.45) is 4.46. The molecule has 0 saturated carbocycles. The van der Waals surface area contributed by atoms with E-state index in [-0.39, 0.29) is 0 Å². The second-order valence-corrected chi connectivity index (χ2v) is 6.57. The highest BCUT2D eigenvalue weighted by atomic mass is 32.1. The van der Waals surface area contributed by atoms with Gasteiger partial charge in [-0.05, 0) is 37.3 Å². The molecule has 2 aromatic heterocycles. The van der Waals surface area contributed by atoms with Crippen molar-refractivity contribution in [3.05, 3.63) is 40.5 Å². The third-order valence-corrected chi connectivity index (χ3v) is 5.18. The summed E-state index contributed by atoms with van der Waals surface area (Å²) in [5.41, 5.74) is 4.04. The summed E-state index contributed by atoms with van der Waals surface area (Å²) in [5.74, 6) is 0. The summed E-state index contributed by atoms with van der Waals surface area (Å²) in [4.78, 5) is 3.60. The van der Waals surface area contributed by atoms with Gasteiger partial charge < -0.3 is 10.3 Å². The minimum Gasteiger partial charge on any atom is -0.356 e. The lowest BCUT2D eigenvalue weighted by molar-refractivity contribution is 0.591. The van der Waals surface area contributed by atoms with Crippen molar-refractivity contribution < 1.29 is 0 Å². The lowest BCUT2D eigenvalue weighted by Crippen LogP contribution is -2.17. The molecule has 0 amide bonds. The Hall–Kier alpha value is -1.88. The zero-order chi connectivity index (χ0) is 14.2. The van der Waals surface area contributed by atoms with E-state index >= 15 is 0 Å². The predicted molar refractivity (Wildman–Crippen MR) is 86.9 cm³/mol. The predicted octanol–water partition coefficient (Wildman–Crippen LogP) is 4.07. The van der Waals surface area contributed by atoms with Gasteiger partial charge in [-0.2, -0.15) is 0 Å². The number of aryl methyl sites for hydroxylation is 2.